The molecule has 23 heavy (non-hydrogen) atoms. The molecule has 2 aromatic rings. The summed E-state index contributed by atoms with van der Waals surface area (Å²) in [5, 5.41) is 10.9. The maximum absolute atomic E-state index is 11.4. The summed E-state index contributed by atoms with van der Waals surface area (Å²) in [7, 11) is 0. The lowest BCUT2D eigenvalue weighted by Gasteiger charge is -2.38. The average molecular weight is 311 g/mol. The van der Waals surface area contributed by atoms with Crippen LogP contribution in [0, 0.1) is 10.1 Å². The van der Waals surface area contributed by atoms with E-state index in [9.17, 15) is 14.9 Å². The number of nitrogens with zero attached hydrogens (tertiary/aromatic N) is 3. The maximum Gasteiger partial charge on any atom is 0.270 e. The fraction of sp³-hybridized carbons (Fsp3) is 0.294. The number of aldehydes is 1. The van der Waals surface area contributed by atoms with E-state index in [1.165, 1.54) is 12.1 Å². The second-order valence-corrected chi connectivity index (χ2v) is 5.61. The summed E-state index contributed by atoms with van der Waals surface area (Å²) in [4.78, 5) is 28.2. The van der Waals surface area contributed by atoms with Crippen LogP contribution in [0.5, 0.6) is 0 Å². The van der Waals surface area contributed by atoms with Gasteiger partial charge in [0, 0.05) is 42.3 Å². The van der Waals surface area contributed by atoms with Crippen LogP contribution in [0.3, 0.4) is 0 Å². The van der Waals surface area contributed by atoms with E-state index in [0.29, 0.717) is 11.8 Å². The summed E-state index contributed by atoms with van der Waals surface area (Å²) >= 11 is 0. The molecule has 6 heteroatoms. The van der Waals surface area contributed by atoms with Gasteiger partial charge in [-0.3, -0.25) is 19.9 Å². The Bertz CT molecular complexity index is 718. The van der Waals surface area contributed by atoms with Crippen LogP contribution >= 0.6 is 0 Å². The number of hydrogen-bond donors (Lipinski definition) is 0. The number of nitro groups is 1. The molecule has 1 fully saturated rings. The van der Waals surface area contributed by atoms with Crippen molar-refractivity contribution in [2.24, 2.45) is 0 Å². The zero-order valence-electron chi connectivity index (χ0n) is 12.6. The largest absolute Gasteiger partial charge is 0.364 e. The predicted molar refractivity (Wildman–Crippen MR) is 86.7 cm³/mol. The molecule has 1 aromatic carbocycles. The van der Waals surface area contributed by atoms with Crippen molar-refractivity contribution in [1.29, 1.82) is 0 Å². The first-order chi connectivity index (χ1) is 11.2. The zero-order chi connectivity index (χ0) is 16.2. The minimum Gasteiger partial charge on any atom is -0.364 e. The van der Waals surface area contributed by atoms with E-state index in [2.05, 4.69) is 9.88 Å². The third kappa shape index (κ3) is 3.06. The molecular weight excluding hydrogens is 294 g/mol. The summed E-state index contributed by atoms with van der Waals surface area (Å²) < 4.78 is 0. The van der Waals surface area contributed by atoms with Gasteiger partial charge in [-0.15, -0.1) is 0 Å². The lowest BCUT2D eigenvalue weighted by atomic mass is 9.95. The van der Waals surface area contributed by atoms with Gasteiger partial charge in [0.15, 0.2) is 6.29 Å². The number of carbonyl (C=O) groups excluding carboxylic acids is 1. The number of nitro benzene ring substituents is 1. The molecule has 1 atom stereocenters. The van der Waals surface area contributed by atoms with E-state index in [4.69, 9.17) is 0 Å². The fourth-order valence-electron chi connectivity index (χ4n) is 3.15. The van der Waals surface area contributed by atoms with Gasteiger partial charge in [-0.25, -0.2) is 0 Å². The molecule has 0 saturated carbocycles. The van der Waals surface area contributed by atoms with Crippen molar-refractivity contribution >= 4 is 17.7 Å². The average Bonchev–Trinajstić information content (AvgIpc) is 2.62. The van der Waals surface area contributed by atoms with Crippen molar-refractivity contribution in [3.05, 3.63) is 64.0 Å². The number of non-ortho nitro benzene ring substituents is 1. The molecular formula is C17H17N3O3. The minimum atomic E-state index is -0.481. The van der Waals surface area contributed by atoms with Gasteiger partial charge in [-0.1, -0.05) is 6.07 Å². The first-order valence-corrected chi connectivity index (χ1v) is 7.61. The maximum atomic E-state index is 11.4. The summed E-state index contributed by atoms with van der Waals surface area (Å²) in [6, 6.07) is 8.54. The molecule has 1 aliphatic rings. The molecule has 0 amide bonds. The Morgan fingerprint density at radius 1 is 1.30 bits per heavy atom. The second kappa shape index (κ2) is 6.56. The molecule has 0 bridgehead atoms. The molecule has 2 heterocycles. The fourth-order valence-corrected chi connectivity index (χ4v) is 3.15. The number of rotatable bonds is 4. The van der Waals surface area contributed by atoms with Gasteiger partial charge >= 0.3 is 0 Å². The zero-order valence-corrected chi connectivity index (χ0v) is 12.6. The number of aromatic nitrogens is 1. The van der Waals surface area contributed by atoms with E-state index in [0.717, 1.165) is 37.1 Å². The third-order valence-corrected chi connectivity index (χ3v) is 4.23. The van der Waals surface area contributed by atoms with Gasteiger partial charge in [0.25, 0.3) is 5.69 Å². The van der Waals surface area contributed by atoms with Crippen molar-refractivity contribution in [2.75, 3.05) is 11.4 Å². The molecule has 3 rings (SSSR count). The van der Waals surface area contributed by atoms with Crippen LogP contribution in [0.2, 0.25) is 0 Å². The number of hydrogen-bond acceptors (Lipinski definition) is 5. The Balaban J connectivity index is 2.01. The van der Waals surface area contributed by atoms with E-state index in [1.807, 2.05) is 18.3 Å². The number of benzene rings is 1. The Kier molecular flexibility index (Phi) is 4.32. The summed E-state index contributed by atoms with van der Waals surface area (Å²) in [6.45, 7) is 0.818. The van der Waals surface area contributed by atoms with Gasteiger partial charge in [0.1, 0.15) is 0 Å². The number of pyridine rings is 1. The molecule has 0 unspecified atom stereocenters. The molecule has 6 nitrogen and oxygen atoms in total. The first-order valence-electron chi connectivity index (χ1n) is 7.61. The number of carbonyl (C=O) groups is 1. The highest BCUT2D eigenvalue weighted by Gasteiger charge is 2.26. The topological polar surface area (TPSA) is 76.3 Å². The number of anilines is 1. The van der Waals surface area contributed by atoms with E-state index < -0.39 is 4.92 Å². The molecule has 0 N–H and O–H groups in total. The van der Waals surface area contributed by atoms with E-state index in [1.54, 1.807) is 12.3 Å². The lowest BCUT2D eigenvalue weighted by Crippen LogP contribution is -2.34. The van der Waals surface area contributed by atoms with Crippen molar-refractivity contribution in [3.63, 3.8) is 0 Å². The van der Waals surface area contributed by atoms with Crippen LogP contribution in [0.4, 0.5) is 11.4 Å². The van der Waals surface area contributed by atoms with Crippen LogP contribution in [0.1, 0.15) is 41.2 Å². The first kappa shape index (κ1) is 15.1. The molecule has 118 valence electrons. The van der Waals surface area contributed by atoms with Crippen molar-refractivity contribution < 1.29 is 9.72 Å². The summed E-state index contributed by atoms with van der Waals surface area (Å²) in [6.07, 6.45) is 7.39. The molecule has 1 aromatic heterocycles. The van der Waals surface area contributed by atoms with Crippen LogP contribution in [-0.4, -0.2) is 22.7 Å². The van der Waals surface area contributed by atoms with Gasteiger partial charge in [-0.2, -0.15) is 0 Å². The Morgan fingerprint density at radius 3 is 2.87 bits per heavy atom. The normalized spacial score (nSPS) is 17.7. The van der Waals surface area contributed by atoms with E-state index in [-0.39, 0.29) is 11.7 Å². The third-order valence-electron chi connectivity index (χ3n) is 4.23. The van der Waals surface area contributed by atoms with E-state index >= 15 is 0 Å². The molecule has 0 aliphatic carbocycles. The van der Waals surface area contributed by atoms with Gasteiger partial charge in [0.2, 0.25) is 0 Å². The van der Waals surface area contributed by atoms with Crippen molar-refractivity contribution in [3.8, 4) is 0 Å². The van der Waals surface area contributed by atoms with Gasteiger partial charge in [-0.05, 0) is 37.0 Å². The summed E-state index contributed by atoms with van der Waals surface area (Å²) in [5.74, 6) is 0. The smallest absolute Gasteiger partial charge is 0.270 e. The SMILES string of the molecule is O=Cc1cc([N+](=O)[O-])ccc1N1CCCC[C@H]1c1cccnc1. The molecule has 0 spiro atoms. The highest BCUT2D eigenvalue weighted by atomic mass is 16.6. The van der Waals surface area contributed by atoms with Crippen LogP contribution in [0.25, 0.3) is 0 Å². The Labute approximate surface area is 133 Å². The van der Waals surface area contributed by atoms with Crippen LogP contribution < -0.4 is 4.90 Å². The standard InChI is InChI=1S/C17H17N3O3/c21-12-14-10-15(20(22)23)6-7-17(14)19-9-2-1-5-16(19)13-4-3-8-18-11-13/h3-4,6-8,10-12,16H,1-2,5,9H2/t16-/m0/s1. The Morgan fingerprint density at radius 2 is 2.17 bits per heavy atom. The molecule has 1 aliphatic heterocycles. The quantitative estimate of drug-likeness (QED) is 0.490. The van der Waals surface area contributed by atoms with Crippen LogP contribution in [-0.2, 0) is 0 Å². The summed E-state index contributed by atoms with van der Waals surface area (Å²) in [5.41, 5.74) is 2.14. The molecule has 0 radical (unpaired) electrons. The predicted octanol–water partition coefficient (Wildman–Crippen LogP) is 3.53. The highest BCUT2D eigenvalue weighted by molar-refractivity contribution is 5.86. The number of piperidine rings is 1. The van der Waals surface area contributed by atoms with Crippen molar-refractivity contribution in [1.82, 2.24) is 4.98 Å². The Hall–Kier alpha value is -2.76. The second-order valence-electron chi connectivity index (χ2n) is 5.61. The van der Waals surface area contributed by atoms with Gasteiger partial charge < -0.3 is 4.90 Å². The monoisotopic (exact) mass is 311 g/mol. The minimum absolute atomic E-state index is 0.0641. The van der Waals surface area contributed by atoms with Crippen LogP contribution in [0.15, 0.2) is 42.7 Å². The lowest BCUT2D eigenvalue weighted by molar-refractivity contribution is -0.384. The van der Waals surface area contributed by atoms with Gasteiger partial charge in [0.05, 0.1) is 11.0 Å². The highest BCUT2D eigenvalue weighted by Crippen LogP contribution is 2.37. The molecule has 1 saturated heterocycles. The van der Waals surface area contributed by atoms with Crippen molar-refractivity contribution in [2.45, 2.75) is 25.3 Å².